The Morgan fingerprint density at radius 2 is 1.60 bits per heavy atom. The van der Waals surface area contributed by atoms with E-state index >= 15 is 0 Å². The van der Waals surface area contributed by atoms with Crippen molar-refractivity contribution in [2.24, 2.45) is 9.98 Å². The lowest BCUT2D eigenvalue weighted by Gasteiger charge is -1.84. The quantitative estimate of drug-likeness (QED) is 0.460. The Labute approximate surface area is 57.4 Å². The Morgan fingerprint density at radius 3 is 2.10 bits per heavy atom. The number of hydrogen-bond donors (Lipinski definition) is 0. The number of fused-ring (bicyclic) bond motifs is 1. The molecular weight excluding hydrogens is 128 g/mol. The molecule has 0 saturated heterocycles. The second-order valence-electron chi connectivity index (χ2n) is 2.09. The second kappa shape index (κ2) is 1.83. The van der Waals surface area contributed by atoms with Crippen LogP contribution < -0.4 is 11.0 Å². The molecule has 1 aliphatic rings. The average Bonchev–Trinajstić information content (AvgIpc) is 2.27. The number of nitrogens with zero attached hydrogens (tertiary/aromatic N) is 4. The van der Waals surface area contributed by atoms with Crippen molar-refractivity contribution in [1.29, 1.82) is 0 Å². The van der Waals surface area contributed by atoms with E-state index in [1.165, 1.54) is 0 Å². The summed E-state index contributed by atoms with van der Waals surface area (Å²) in [5, 5.41) is 0. The zero-order valence-corrected chi connectivity index (χ0v) is 5.52. The lowest BCUT2D eigenvalue weighted by molar-refractivity contribution is 0.781. The van der Waals surface area contributed by atoms with Gasteiger partial charge in [-0.25, -0.2) is 20.0 Å². The molecule has 0 atom stereocenters. The van der Waals surface area contributed by atoms with E-state index in [-0.39, 0.29) is 6.17 Å². The molecule has 0 spiro atoms. The van der Waals surface area contributed by atoms with Crippen molar-refractivity contribution >= 4 is 0 Å². The molecule has 1 aliphatic heterocycles. The van der Waals surface area contributed by atoms with Gasteiger partial charge in [0.1, 0.15) is 6.17 Å². The van der Waals surface area contributed by atoms with Gasteiger partial charge in [0, 0.05) is 12.4 Å². The minimum atomic E-state index is -0.00241. The summed E-state index contributed by atoms with van der Waals surface area (Å²) < 4.78 is 0. The van der Waals surface area contributed by atoms with Gasteiger partial charge in [-0.1, -0.05) is 0 Å². The summed E-state index contributed by atoms with van der Waals surface area (Å²) in [5.74, 6) is 0. The third-order valence-electron chi connectivity index (χ3n) is 1.28. The van der Waals surface area contributed by atoms with Gasteiger partial charge in [-0.3, -0.25) is 0 Å². The zero-order valence-electron chi connectivity index (χ0n) is 5.52. The fraction of sp³-hybridized carbons (Fsp3) is 0.333. The van der Waals surface area contributed by atoms with E-state index < -0.39 is 0 Å². The summed E-state index contributed by atoms with van der Waals surface area (Å²) in [6.45, 7) is 1.91. The molecular formula is C6H6N4. The molecule has 0 aliphatic carbocycles. The zero-order chi connectivity index (χ0) is 6.97. The summed E-state index contributed by atoms with van der Waals surface area (Å²) in [5.41, 5.74) is 1.32. The SMILES string of the molecule is CC1N=c2nccnc2=N1. The Balaban J connectivity index is 2.83. The lowest BCUT2D eigenvalue weighted by Crippen LogP contribution is -2.27. The topological polar surface area (TPSA) is 50.5 Å². The van der Waals surface area contributed by atoms with Crippen LogP contribution in [-0.4, -0.2) is 16.1 Å². The molecule has 0 radical (unpaired) electrons. The third-order valence-corrected chi connectivity index (χ3v) is 1.28. The molecule has 0 N–H and O–H groups in total. The standard InChI is InChI=1S/C6H6N4/c1-4-9-5-6(10-4)8-3-2-7-5/h2-4H,1H3. The average molecular weight is 134 g/mol. The van der Waals surface area contributed by atoms with E-state index in [2.05, 4.69) is 20.0 Å². The highest BCUT2D eigenvalue weighted by Gasteiger charge is 2.03. The maximum Gasteiger partial charge on any atom is 0.194 e. The second-order valence-corrected chi connectivity index (χ2v) is 2.09. The van der Waals surface area contributed by atoms with Crippen LogP contribution >= 0.6 is 0 Å². The Bertz CT molecular complexity index is 321. The number of aromatic nitrogens is 2. The van der Waals surface area contributed by atoms with Crippen LogP contribution in [0.2, 0.25) is 0 Å². The number of hydrogen-bond acceptors (Lipinski definition) is 4. The summed E-state index contributed by atoms with van der Waals surface area (Å²) >= 11 is 0. The van der Waals surface area contributed by atoms with Crippen molar-refractivity contribution in [3.63, 3.8) is 0 Å². The maximum absolute atomic E-state index is 4.11. The van der Waals surface area contributed by atoms with Gasteiger partial charge < -0.3 is 0 Å². The lowest BCUT2D eigenvalue weighted by atomic mass is 10.6. The molecule has 10 heavy (non-hydrogen) atoms. The highest BCUT2D eigenvalue weighted by Crippen LogP contribution is 1.88. The normalized spacial score (nSPS) is 15.7. The molecule has 2 rings (SSSR count). The van der Waals surface area contributed by atoms with E-state index in [1.54, 1.807) is 12.4 Å². The van der Waals surface area contributed by atoms with Crippen LogP contribution in [0, 0.1) is 0 Å². The van der Waals surface area contributed by atoms with Crippen molar-refractivity contribution in [2.75, 3.05) is 0 Å². The molecule has 1 aromatic heterocycles. The molecule has 0 unspecified atom stereocenters. The first kappa shape index (κ1) is 5.46. The van der Waals surface area contributed by atoms with Crippen LogP contribution in [0.5, 0.6) is 0 Å². The van der Waals surface area contributed by atoms with Crippen molar-refractivity contribution in [2.45, 2.75) is 13.1 Å². The first-order valence-corrected chi connectivity index (χ1v) is 3.09. The van der Waals surface area contributed by atoms with Crippen LogP contribution in [0.3, 0.4) is 0 Å². The van der Waals surface area contributed by atoms with E-state index in [1.807, 2.05) is 6.92 Å². The molecule has 0 amide bonds. The summed E-state index contributed by atoms with van der Waals surface area (Å²) in [4.78, 5) is 16.2. The molecule has 0 aromatic carbocycles. The van der Waals surface area contributed by atoms with Gasteiger partial charge in [-0.15, -0.1) is 0 Å². The highest BCUT2D eigenvalue weighted by molar-refractivity contribution is 4.81. The summed E-state index contributed by atoms with van der Waals surface area (Å²) in [7, 11) is 0. The smallest absolute Gasteiger partial charge is 0.194 e. The number of rotatable bonds is 0. The van der Waals surface area contributed by atoms with Crippen molar-refractivity contribution in [1.82, 2.24) is 9.97 Å². The van der Waals surface area contributed by atoms with Crippen LogP contribution in [0.4, 0.5) is 0 Å². The summed E-state index contributed by atoms with van der Waals surface area (Å²) in [6, 6.07) is 0. The van der Waals surface area contributed by atoms with Crippen LogP contribution in [-0.2, 0) is 0 Å². The first-order chi connectivity index (χ1) is 4.86. The van der Waals surface area contributed by atoms with Crippen molar-refractivity contribution < 1.29 is 0 Å². The Kier molecular flexibility index (Phi) is 1.00. The predicted octanol–water partition coefficient (Wildman–Crippen LogP) is -0.925. The van der Waals surface area contributed by atoms with Gasteiger partial charge >= 0.3 is 0 Å². The molecule has 2 heterocycles. The monoisotopic (exact) mass is 134 g/mol. The van der Waals surface area contributed by atoms with Gasteiger partial charge in [0.2, 0.25) is 0 Å². The Hall–Kier alpha value is -1.32. The Morgan fingerprint density at radius 1 is 1.10 bits per heavy atom. The van der Waals surface area contributed by atoms with Crippen LogP contribution in [0.15, 0.2) is 22.4 Å². The van der Waals surface area contributed by atoms with Crippen molar-refractivity contribution in [3.05, 3.63) is 23.4 Å². The molecule has 1 aromatic rings. The fourth-order valence-corrected chi connectivity index (χ4v) is 0.888. The van der Waals surface area contributed by atoms with Crippen LogP contribution in [0.1, 0.15) is 6.92 Å². The van der Waals surface area contributed by atoms with Gasteiger partial charge in [0.05, 0.1) is 0 Å². The van der Waals surface area contributed by atoms with Gasteiger partial charge in [0.15, 0.2) is 11.0 Å². The molecule has 0 saturated carbocycles. The van der Waals surface area contributed by atoms with Gasteiger partial charge in [0.25, 0.3) is 0 Å². The van der Waals surface area contributed by atoms with E-state index in [4.69, 9.17) is 0 Å². The van der Waals surface area contributed by atoms with Gasteiger partial charge in [-0.2, -0.15) is 0 Å². The van der Waals surface area contributed by atoms with Crippen molar-refractivity contribution in [3.8, 4) is 0 Å². The molecule has 0 bridgehead atoms. The minimum Gasteiger partial charge on any atom is -0.236 e. The van der Waals surface area contributed by atoms with E-state index in [0.717, 1.165) is 0 Å². The fourth-order valence-electron chi connectivity index (χ4n) is 0.888. The van der Waals surface area contributed by atoms with E-state index in [0.29, 0.717) is 11.0 Å². The molecule has 4 heteroatoms. The first-order valence-electron chi connectivity index (χ1n) is 3.09. The van der Waals surface area contributed by atoms with E-state index in [9.17, 15) is 0 Å². The third kappa shape index (κ3) is 0.689. The van der Waals surface area contributed by atoms with Crippen LogP contribution in [0.25, 0.3) is 0 Å². The molecule has 0 fully saturated rings. The summed E-state index contributed by atoms with van der Waals surface area (Å²) in [6.07, 6.45) is 3.24. The highest BCUT2D eigenvalue weighted by atomic mass is 15.1. The largest absolute Gasteiger partial charge is 0.236 e. The molecule has 50 valence electrons. The maximum atomic E-state index is 4.11. The minimum absolute atomic E-state index is 0.00241. The predicted molar refractivity (Wildman–Crippen MR) is 33.8 cm³/mol. The molecule has 4 nitrogen and oxygen atoms in total. The van der Waals surface area contributed by atoms with Gasteiger partial charge in [-0.05, 0) is 6.92 Å².